The molecule has 2 rings (SSSR count). The molecular formula is C10H11O5P. The number of hydrogen-bond donors (Lipinski definition) is 0. The predicted molar refractivity (Wildman–Crippen MR) is 57.1 cm³/mol. The summed E-state index contributed by atoms with van der Waals surface area (Å²) in [6.45, 7) is 3.57. The Morgan fingerprint density at radius 1 is 1.00 bits per heavy atom. The number of aryl methyl sites for hydroxylation is 2. The number of hydrogen-bond acceptors (Lipinski definition) is 5. The van der Waals surface area contributed by atoms with Crippen molar-refractivity contribution in [2.45, 2.75) is 13.8 Å². The van der Waals surface area contributed by atoms with Gasteiger partial charge in [0.2, 0.25) is 0 Å². The molecule has 0 aliphatic heterocycles. The first-order valence-corrected chi connectivity index (χ1v) is 5.87. The lowest BCUT2D eigenvalue weighted by Crippen LogP contribution is -1.88. The van der Waals surface area contributed by atoms with Gasteiger partial charge in [-0.1, -0.05) is 0 Å². The van der Waals surface area contributed by atoms with Crippen LogP contribution in [0.25, 0.3) is 0 Å². The highest BCUT2D eigenvalue weighted by molar-refractivity contribution is 7.34. The maximum atomic E-state index is 11.5. The zero-order valence-corrected chi connectivity index (χ0v) is 9.85. The first-order chi connectivity index (χ1) is 7.66. The molecule has 0 N–H and O–H groups in total. The highest BCUT2D eigenvalue weighted by Crippen LogP contribution is 2.34. The van der Waals surface area contributed by atoms with Crippen LogP contribution >= 0.6 is 8.25 Å². The fourth-order valence-electron chi connectivity index (χ4n) is 1.10. The van der Waals surface area contributed by atoms with E-state index >= 15 is 0 Å². The third-order valence-corrected chi connectivity index (χ3v) is 2.69. The minimum absolute atomic E-state index is 0.202. The van der Waals surface area contributed by atoms with Crippen molar-refractivity contribution in [3.63, 3.8) is 0 Å². The van der Waals surface area contributed by atoms with Gasteiger partial charge in [-0.2, -0.15) is 0 Å². The van der Waals surface area contributed by atoms with E-state index in [0.717, 1.165) is 11.1 Å². The molecule has 5 nitrogen and oxygen atoms in total. The van der Waals surface area contributed by atoms with Gasteiger partial charge in [0, 0.05) is 11.1 Å². The van der Waals surface area contributed by atoms with Crippen LogP contribution < -0.4 is 9.05 Å². The summed E-state index contributed by atoms with van der Waals surface area (Å²) in [5.41, 5.74) is 1.52. The van der Waals surface area contributed by atoms with Crippen LogP contribution in [0, 0.1) is 13.8 Å². The minimum Gasteiger partial charge on any atom is -0.434 e. The van der Waals surface area contributed by atoms with E-state index in [4.69, 9.17) is 17.9 Å². The van der Waals surface area contributed by atoms with Crippen molar-refractivity contribution in [3.8, 4) is 11.9 Å². The summed E-state index contributed by atoms with van der Waals surface area (Å²) < 4.78 is 31.5. The van der Waals surface area contributed by atoms with Crippen LogP contribution in [0.15, 0.2) is 33.5 Å². The summed E-state index contributed by atoms with van der Waals surface area (Å²) in [5, 5.41) is 0. The van der Waals surface area contributed by atoms with E-state index in [1.54, 1.807) is 26.0 Å². The van der Waals surface area contributed by atoms with Crippen molar-refractivity contribution >= 4 is 8.25 Å². The molecule has 2 aromatic rings. The molecule has 2 aromatic heterocycles. The van der Waals surface area contributed by atoms with Crippen LogP contribution in [0.3, 0.4) is 0 Å². The predicted octanol–water partition coefficient (Wildman–Crippen LogP) is 3.34. The van der Waals surface area contributed by atoms with E-state index in [1.165, 1.54) is 12.5 Å². The molecule has 0 spiro atoms. The van der Waals surface area contributed by atoms with E-state index in [0.29, 0.717) is 0 Å². The summed E-state index contributed by atoms with van der Waals surface area (Å²) in [6.07, 6.45) is 2.91. The van der Waals surface area contributed by atoms with Crippen LogP contribution in [-0.2, 0) is 4.57 Å². The molecule has 0 bridgehead atoms. The van der Waals surface area contributed by atoms with Gasteiger partial charge >= 0.3 is 8.25 Å². The molecular weight excluding hydrogens is 231 g/mol. The maximum Gasteiger partial charge on any atom is 0.423 e. The fraction of sp³-hybridized carbons (Fsp3) is 0.200. The molecule has 0 amide bonds. The molecule has 2 heterocycles. The lowest BCUT2D eigenvalue weighted by atomic mass is 10.4. The second-order valence-corrected chi connectivity index (χ2v) is 4.14. The van der Waals surface area contributed by atoms with Crippen molar-refractivity contribution in [3.05, 3.63) is 35.8 Å². The fourth-order valence-corrected chi connectivity index (χ4v) is 1.86. The van der Waals surface area contributed by atoms with Gasteiger partial charge in [-0.25, -0.2) is 4.57 Å². The van der Waals surface area contributed by atoms with E-state index < -0.39 is 8.25 Å². The van der Waals surface area contributed by atoms with Gasteiger partial charge in [-0.3, -0.25) is 0 Å². The van der Waals surface area contributed by atoms with Gasteiger partial charge in [-0.15, -0.1) is 0 Å². The molecule has 0 aliphatic rings. The number of furan rings is 2. The molecule has 0 radical (unpaired) electrons. The van der Waals surface area contributed by atoms with Gasteiger partial charge in [0.05, 0.1) is 12.5 Å². The molecule has 0 saturated heterocycles. The quantitative estimate of drug-likeness (QED) is 0.769. The lowest BCUT2D eigenvalue weighted by molar-refractivity contribution is 0.319. The first-order valence-electron chi connectivity index (χ1n) is 4.64. The zero-order valence-electron chi connectivity index (χ0n) is 8.85. The minimum atomic E-state index is -2.72. The Balaban J connectivity index is 2.00. The van der Waals surface area contributed by atoms with E-state index in [9.17, 15) is 4.57 Å². The Labute approximate surface area is 92.9 Å². The summed E-state index contributed by atoms with van der Waals surface area (Å²) in [7, 11) is -2.72. The molecule has 0 saturated carbocycles. The Hall–Kier alpha value is -1.61. The topological polar surface area (TPSA) is 61.8 Å². The second kappa shape index (κ2) is 4.49. The van der Waals surface area contributed by atoms with Gasteiger partial charge < -0.3 is 17.9 Å². The molecule has 0 fully saturated rings. The van der Waals surface area contributed by atoms with Gasteiger partial charge in [-0.05, 0) is 26.0 Å². The Bertz CT molecular complexity index is 455. The van der Waals surface area contributed by atoms with Gasteiger partial charge in [0.15, 0.2) is 0 Å². The first kappa shape index (κ1) is 10.9. The van der Waals surface area contributed by atoms with E-state index in [2.05, 4.69) is 0 Å². The Morgan fingerprint density at radius 3 is 1.75 bits per heavy atom. The maximum absolute atomic E-state index is 11.5. The smallest absolute Gasteiger partial charge is 0.423 e. The zero-order chi connectivity index (χ0) is 11.5. The number of rotatable bonds is 4. The standard InChI is InChI=1S/C10H11O5P/c1-7-3-5-12-9(7)14-16(11)15-10-8(2)4-6-13-10/h3-6,16H,1-2H3. The van der Waals surface area contributed by atoms with Crippen molar-refractivity contribution in [1.82, 2.24) is 0 Å². The SMILES string of the molecule is Cc1ccoc1O[PH](=O)Oc1occc1C. The van der Waals surface area contributed by atoms with Crippen LogP contribution in [0.5, 0.6) is 11.9 Å². The molecule has 0 unspecified atom stereocenters. The summed E-state index contributed by atoms with van der Waals surface area (Å²) in [6, 6.07) is 3.42. The van der Waals surface area contributed by atoms with Crippen LogP contribution in [0.2, 0.25) is 0 Å². The van der Waals surface area contributed by atoms with E-state index in [-0.39, 0.29) is 11.9 Å². The second-order valence-electron chi connectivity index (χ2n) is 3.24. The molecule has 0 aromatic carbocycles. The molecule has 0 atom stereocenters. The van der Waals surface area contributed by atoms with Gasteiger partial charge in [0.1, 0.15) is 0 Å². The molecule has 16 heavy (non-hydrogen) atoms. The average Bonchev–Trinajstić information content (AvgIpc) is 2.79. The lowest BCUT2D eigenvalue weighted by Gasteiger charge is -2.04. The highest BCUT2D eigenvalue weighted by atomic mass is 31.1. The molecule has 0 aliphatic carbocycles. The summed E-state index contributed by atoms with van der Waals surface area (Å²) in [4.78, 5) is 0. The van der Waals surface area contributed by atoms with Crippen molar-refractivity contribution < 1.29 is 22.4 Å². The van der Waals surface area contributed by atoms with Crippen molar-refractivity contribution in [2.75, 3.05) is 0 Å². The summed E-state index contributed by atoms with van der Waals surface area (Å²) in [5.74, 6) is 0.404. The van der Waals surface area contributed by atoms with Crippen LogP contribution in [0.1, 0.15) is 11.1 Å². The average molecular weight is 242 g/mol. The van der Waals surface area contributed by atoms with Crippen molar-refractivity contribution in [1.29, 1.82) is 0 Å². The molecule has 6 heteroatoms. The largest absolute Gasteiger partial charge is 0.434 e. The monoisotopic (exact) mass is 242 g/mol. The third kappa shape index (κ3) is 2.31. The summed E-state index contributed by atoms with van der Waals surface area (Å²) >= 11 is 0. The Morgan fingerprint density at radius 2 is 1.44 bits per heavy atom. The molecule has 86 valence electrons. The van der Waals surface area contributed by atoms with Crippen LogP contribution in [0.4, 0.5) is 0 Å². The Kier molecular flexibility index (Phi) is 3.06. The van der Waals surface area contributed by atoms with Crippen LogP contribution in [-0.4, -0.2) is 0 Å². The van der Waals surface area contributed by atoms with Gasteiger partial charge in [0.25, 0.3) is 11.9 Å². The highest BCUT2D eigenvalue weighted by Gasteiger charge is 2.12. The third-order valence-electron chi connectivity index (χ3n) is 1.98. The van der Waals surface area contributed by atoms with E-state index in [1.807, 2.05) is 0 Å². The van der Waals surface area contributed by atoms with Crippen molar-refractivity contribution in [2.24, 2.45) is 0 Å². The normalized spacial score (nSPS) is 10.7.